The van der Waals surface area contributed by atoms with Gasteiger partial charge in [0.2, 0.25) is 0 Å². The largest absolute Gasteiger partial charge is 0.507 e. The van der Waals surface area contributed by atoms with E-state index in [-0.39, 0.29) is 24.2 Å². The molecule has 2 aromatic rings. The van der Waals surface area contributed by atoms with E-state index in [1.807, 2.05) is 6.07 Å². The number of aromatic nitrogens is 1. The number of alkyl halides is 3. The van der Waals surface area contributed by atoms with Crippen LogP contribution in [-0.4, -0.2) is 16.3 Å². The Bertz CT molecular complexity index is 717. The summed E-state index contributed by atoms with van der Waals surface area (Å²) in [6, 6.07) is 6.68. The van der Waals surface area contributed by atoms with Crippen LogP contribution in [-0.2, 0) is 6.42 Å². The first-order valence-electron chi connectivity index (χ1n) is 6.41. The van der Waals surface area contributed by atoms with Crippen molar-refractivity contribution in [2.75, 3.05) is 0 Å². The number of aryl methyl sites for hydroxylation is 2. The van der Waals surface area contributed by atoms with E-state index in [2.05, 4.69) is 4.98 Å². The topological polar surface area (TPSA) is 56.9 Å². The van der Waals surface area contributed by atoms with Crippen LogP contribution in [0.15, 0.2) is 18.2 Å². The van der Waals surface area contributed by atoms with Gasteiger partial charge in [-0.25, -0.2) is 0 Å². The molecule has 0 aliphatic rings. The molecule has 0 bridgehead atoms. The number of pyridine rings is 1. The van der Waals surface area contributed by atoms with Gasteiger partial charge >= 0.3 is 6.18 Å². The van der Waals surface area contributed by atoms with Crippen LogP contribution in [0.1, 0.15) is 29.7 Å². The fraction of sp³-hybridized carbons (Fsp3) is 0.333. The lowest BCUT2D eigenvalue weighted by atomic mass is 9.96. The summed E-state index contributed by atoms with van der Waals surface area (Å²) in [5, 5.41) is 19.5. The number of fused-ring (bicyclic) bond motifs is 1. The Labute approximate surface area is 119 Å². The van der Waals surface area contributed by atoms with Gasteiger partial charge in [0.25, 0.3) is 0 Å². The minimum Gasteiger partial charge on any atom is -0.507 e. The van der Waals surface area contributed by atoms with Crippen molar-refractivity contribution in [1.29, 1.82) is 5.26 Å². The standard InChI is InChI=1S/C15H13F3N2O/c1-9-11(8-19)10(4-3-7-15(16,17)18)14-12(20-9)5-2-6-13(14)21/h2,5-6,21H,3-4,7H2,1H3. The molecule has 21 heavy (non-hydrogen) atoms. The number of aromatic hydroxyl groups is 1. The molecule has 2 rings (SSSR count). The lowest BCUT2D eigenvalue weighted by molar-refractivity contribution is -0.135. The van der Waals surface area contributed by atoms with Crippen LogP contribution in [0.2, 0.25) is 0 Å². The highest BCUT2D eigenvalue weighted by atomic mass is 19.4. The summed E-state index contributed by atoms with van der Waals surface area (Å²) in [5.74, 6) is -0.0708. The predicted molar refractivity (Wildman–Crippen MR) is 71.9 cm³/mol. The molecule has 3 nitrogen and oxygen atoms in total. The summed E-state index contributed by atoms with van der Waals surface area (Å²) in [7, 11) is 0. The first-order valence-corrected chi connectivity index (χ1v) is 6.41. The number of nitrogens with zero attached hydrogens (tertiary/aromatic N) is 2. The third kappa shape index (κ3) is 3.24. The van der Waals surface area contributed by atoms with Crippen LogP contribution in [0, 0.1) is 18.3 Å². The average molecular weight is 294 g/mol. The van der Waals surface area contributed by atoms with E-state index in [4.69, 9.17) is 0 Å². The van der Waals surface area contributed by atoms with Crippen molar-refractivity contribution in [3.63, 3.8) is 0 Å². The van der Waals surface area contributed by atoms with Gasteiger partial charge in [0, 0.05) is 11.8 Å². The number of halogens is 3. The summed E-state index contributed by atoms with van der Waals surface area (Å²) in [5.41, 5.74) is 1.61. The third-order valence-electron chi connectivity index (χ3n) is 3.27. The highest BCUT2D eigenvalue weighted by Gasteiger charge is 2.26. The molecular weight excluding hydrogens is 281 g/mol. The number of rotatable bonds is 3. The molecule has 1 aromatic carbocycles. The highest BCUT2D eigenvalue weighted by Crippen LogP contribution is 2.32. The number of nitriles is 1. The predicted octanol–water partition coefficient (Wildman–Crippen LogP) is 4.01. The molecule has 0 radical (unpaired) electrons. The fourth-order valence-electron chi connectivity index (χ4n) is 2.37. The quantitative estimate of drug-likeness (QED) is 0.930. The fourth-order valence-corrected chi connectivity index (χ4v) is 2.37. The molecule has 110 valence electrons. The maximum Gasteiger partial charge on any atom is 0.389 e. The maximum absolute atomic E-state index is 12.3. The lowest BCUT2D eigenvalue weighted by Gasteiger charge is -2.12. The van der Waals surface area contributed by atoms with Crippen LogP contribution < -0.4 is 0 Å². The minimum absolute atomic E-state index is 0.0693. The van der Waals surface area contributed by atoms with Crippen LogP contribution in [0.25, 0.3) is 10.9 Å². The number of hydrogen-bond donors (Lipinski definition) is 1. The molecular formula is C15H13F3N2O. The molecule has 0 saturated carbocycles. The van der Waals surface area contributed by atoms with E-state index in [0.29, 0.717) is 22.2 Å². The van der Waals surface area contributed by atoms with Crippen LogP contribution >= 0.6 is 0 Å². The summed E-state index contributed by atoms with van der Waals surface area (Å²) in [6.45, 7) is 1.63. The monoisotopic (exact) mass is 294 g/mol. The summed E-state index contributed by atoms with van der Waals surface area (Å²) in [6.07, 6.45) is -5.22. The molecule has 1 N–H and O–H groups in total. The Morgan fingerprint density at radius 1 is 1.33 bits per heavy atom. The molecule has 0 aliphatic carbocycles. The van der Waals surface area contributed by atoms with Crippen LogP contribution in [0.5, 0.6) is 5.75 Å². The molecule has 6 heteroatoms. The molecule has 0 spiro atoms. The number of benzene rings is 1. The van der Waals surface area contributed by atoms with Crippen molar-refractivity contribution in [3.05, 3.63) is 35.0 Å². The van der Waals surface area contributed by atoms with E-state index in [0.717, 1.165) is 0 Å². The van der Waals surface area contributed by atoms with Gasteiger partial charge in [0.15, 0.2) is 0 Å². The van der Waals surface area contributed by atoms with E-state index in [1.165, 1.54) is 6.07 Å². The normalized spacial score (nSPS) is 11.6. The second kappa shape index (κ2) is 5.60. The lowest BCUT2D eigenvalue weighted by Crippen LogP contribution is -2.08. The Kier molecular flexibility index (Phi) is 4.03. The van der Waals surface area contributed by atoms with E-state index < -0.39 is 12.6 Å². The van der Waals surface area contributed by atoms with Gasteiger partial charge in [-0.3, -0.25) is 4.98 Å². The zero-order valence-electron chi connectivity index (χ0n) is 11.3. The van der Waals surface area contributed by atoms with Crippen LogP contribution in [0.3, 0.4) is 0 Å². The Balaban J connectivity index is 2.51. The zero-order chi connectivity index (χ0) is 15.6. The van der Waals surface area contributed by atoms with Crippen molar-refractivity contribution in [2.24, 2.45) is 0 Å². The molecule has 1 aromatic heterocycles. The minimum atomic E-state index is -4.23. The van der Waals surface area contributed by atoms with Crippen molar-refractivity contribution in [2.45, 2.75) is 32.4 Å². The zero-order valence-corrected chi connectivity index (χ0v) is 11.3. The van der Waals surface area contributed by atoms with Crippen LogP contribution in [0.4, 0.5) is 13.2 Å². The second-order valence-electron chi connectivity index (χ2n) is 4.80. The Hall–Kier alpha value is -2.29. The number of phenolic OH excluding ortho intramolecular Hbond substituents is 1. The molecule has 1 heterocycles. The van der Waals surface area contributed by atoms with Gasteiger partial charge < -0.3 is 5.11 Å². The van der Waals surface area contributed by atoms with E-state index in [9.17, 15) is 23.5 Å². The molecule has 0 amide bonds. The first-order chi connectivity index (χ1) is 9.83. The van der Waals surface area contributed by atoms with Crippen molar-refractivity contribution >= 4 is 10.9 Å². The Morgan fingerprint density at radius 2 is 2.05 bits per heavy atom. The molecule has 0 unspecified atom stereocenters. The van der Waals surface area contributed by atoms with Crippen molar-refractivity contribution < 1.29 is 18.3 Å². The SMILES string of the molecule is Cc1nc2cccc(O)c2c(CCCC(F)(F)F)c1C#N. The maximum atomic E-state index is 12.3. The van der Waals surface area contributed by atoms with E-state index in [1.54, 1.807) is 19.1 Å². The second-order valence-corrected chi connectivity index (χ2v) is 4.80. The van der Waals surface area contributed by atoms with Gasteiger partial charge in [-0.2, -0.15) is 18.4 Å². The van der Waals surface area contributed by atoms with Gasteiger partial charge in [0.05, 0.1) is 16.8 Å². The molecule has 0 aliphatic heterocycles. The third-order valence-corrected chi connectivity index (χ3v) is 3.27. The number of hydrogen-bond acceptors (Lipinski definition) is 3. The smallest absolute Gasteiger partial charge is 0.389 e. The van der Waals surface area contributed by atoms with Crippen molar-refractivity contribution in [1.82, 2.24) is 4.98 Å². The molecule has 0 atom stereocenters. The summed E-state index contributed by atoms with van der Waals surface area (Å²) >= 11 is 0. The van der Waals surface area contributed by atoms with Gasteiger partial charge in [-0.15, -0.1) is 0 Å². The summed E-state index contributed by atoms with van der Waals surface area (Å²) < 4.78 is 36.9. The highest BCUT2D eigenvalue weighted by molar-refractivity contribution is 5.90. The van der Waals surface area contributed by atoms with Gasteiger partial charge in [0.1, 0.15) is 11.8 Å². The van der Waals surface area contributed by atoms with Crippen molar-refractivity contribution in [3.8, 4) is 11.8 Å². The Morgan fingerprint density at radius 3 is 2.67 bits per heavy atom. The summed E-state index contributed by atoms with van der Waals surface area (Å²) in [4.78, 5) is 4.22. The molecule has 0 fully saturated rings. The molecule has 0 saturated heterocycles. The van der Waals surface area contributed by atoms with Gasteiger partial charge in [-0.1, -0.05) is 6.07 Å². The number of phenols is 1. The average Bonchev–Trinajstić information content (AvgIpc) is 2.37. The first kappa shape index (κ1) is 15.1. The van der Waals surface area contributed by atoms with E-state index >= 15 is 0 Å². The van der Waals surface area contributed by atoms with Gasteiger partial charge in [-0.05, 0) is 37.5 Å².